The highest BCUT2D eigenvalue weighted by atomic mass is 16.4. The van der Waals surface area contributed by atoms with Crippen LogP contribution in [0.15, 0.2) is 12.3 Å². The first-order chi connectivity index (χ1) is 7.16. The van der Waals surface area contributed by atoms with Crippen molar-refractivity contribution in [1.82, 2.24) is 4.98 Å². The molecule has 1 saturated carbocycles. The van der Waals surface area contributed by atoms with Gasteiger partial charge in [0.1, 0.15) is 5.82 Å². The molecule has 1 aromatic rings. The van der Waals surface area contributed by atoms with Crippen LogP contribution in [0.2, 0.25) is 0 Å². The van der Waals surface area contributed by atoms with Crippen LogP contribution >= 0.6 is 0 Å². The van der Waals surface area contributed by atoms with Gasteiger partial charge < -0.3 is 16.2 Å². The molecule has 1 fully saturated rings. The molecule has 0 aromatic carbocycles. The summed E-state index contributed by atoms with van der Waals surface area (Å²) in [6.45, 7) is 0. The molecule has 1 aromatic heterocycles. The predicted molar refractivity (Wildman–Crippen MR) is 56.9 cm³/mol. The predicted octanol–water partition coefficient (Wildman–Crippen LogP) is 1.33. The van der Waals surface area contributed by atoms with Crippen LogP contribution in [-0.4, -0.2) is 22.1 Å². The van der Waals surface area contributed by atoms with Crippen molar-refractivity contribution in [2.45, 2.75) is 25.3 Å². The van der Waals surface area contributed by atoms with E-state index >= 15 is 0 Å². The molecule has 4 N–H and O–H groups in total. The number of aromatic nitrogens is 1. The molecule has 1 aliphatic rings. The number of carbonyl (C=O) groups is 1. The number of hydrogen-bond acceptors (Lipinski definition) is 4. The summed E-state index contributed by atoms with van der Waals surface area (Å²) in [6, 6.07) is 1.92. The quantitative estimate of drug-likeness (QED) is 0.695. The van der Waals surface area contributed by atoms with Crippen molar-refractivity contribution < 1.29 is 9.90 Å². The molecule has 0 aliphatic heterocycles. The van der Waals surface area contributed by atoms with E-state index in [1.54, 1.807) is 0 Å². The first kappa shape index (κ1) is 9.76. The maximum absolute atomic E-state index is 10.8. The summed E-state index contributed by atoms with van der Waals surface area (Å²) in [5.74, 6) is -0.433. The number of nitrogens with two attached hydrogens (primary N) is 1. The molecule has 1 heterocycles. The van der Waals surface area contributed by atoms with Crippen LogP contribution in [0.4, 0.5) is 11.5 Å². The Bertz CT molecular complexity index is 388. The maximum Gasteiger partial charge on any atom is 0.337 e. The maximum atomic E-state index is 10.8. The zero-order valence-corrected chi connectivity index (χ0v) is 8.23. The molecule has 1 aliphatic carbocycles. The molecule has 2 rings (SSSR count). The van der Waals surface area contributed by atoms with E-state index in [4.69, 9.17) is 10.8 Å². The first-order valence-electron chi connectivity index (χ1n) is 4.92. The fourth-order valence-electron chi connectivity index (χ4n) is 1.49. The van der Waals surface area contributed by atoms with Gasteiger partial charge >= 0.3 is 5.97 Å². The lowest BCUT2D eigenvalue weighted by atomic mass is 9.93. The smallest absolute Gasteiger partial charge is 0.337 e. The van der Waals surface area contributed by atoms with Gasteiger partial charge in [-0.25, -0.2) is 9.78 Å². The fraction of sp³-hybridized carbons (Fsp3) is 0.400. The number of carboxylic acid groups (broad SMARTS) is 1. The summed E-state index contributed by atoms with van der Waals surface area (Å²) in [5.41, 5.74) is 5.80. The van der Waals surface area contributed by atoms with Gasteiger partial charge in [0, 0.05) is 6.04 Å². The number of aromatic carboxylic acids is 1. The molecular weight excluding hydrogens is 194 g/mol. The minimum Gasteiger partial charge on any atom is -0.478 e. The summed E-state index contributed by atoms with van der Waals surface area (Å²) >= 11 is 0. The number of hydrogen-bond donors (Lipinski definition) is 3. The molecule has 0 bridgehead atoms. The zero-order valence-electron chi connectivity index (χ0n) is 8.23. The molecule has 5 heteroatoms. The Morgan fingerprint density at radius 3 is 2.87 bits per heavy atom. The second-order valence-electron chi connectivity index (χ2n) is 3.73. The third kappa shape index (κ3) is 2.01. The molecule has 80 valence electrons. The second-order valence-corrected chi connectivity index (χ2v) is 3.73. The number of rotatable bonds is 3. The van der Waals surface area contributed by atoms with Crippen LogP contribution in [0.3, 0.4) is 0 Å². The molecule has 0 amide bonds. The molecule has 0 atom stereocenters. The average Bonchev–Trinajstić information content (AvgIpc) is 2.13. The number of nitrogens with zero attached hydrogens (tertiary/aromatic N) is 1. The van der Waals surface area contributed by atoms with E-state index in [1.807, 2.05) is 0 Å². The SMILES string of the molecule is Nc1cnc(NC2CCC2)cc1C(=O)O. The third-order valence-electron chi connectivity index (χ3n) is 2.62. The highest BCUT2D eigenvalue weighted by Crippen LogP contribution is 2.23. The van der Waals surface area contributed by atoms with Gasteiger partial charge in [0.2, 0.25) is 0 Å². The van der Waals surface area contributed by atoms with Crippen LogP contribution in [0.25, 0.3) is 0 Å². The van der Waals surface area contributed by atoms with Crippen molar-refractivity contribution in [2.24, 2.45) is 0 Å². The highest BCUT2D eigenvalue weighted by molar-refractivity contribution is 5.94. The van der Waals surface area contributed by atoms with Crippen LogP contribution in [-0.2, 0) is 0 Å². The van der Waals surface area contributed by atoms with Crippen molar-refractivity contribution in [2.75, 3.05) is 11.1 Å². The summed E-state index contributed by atoms with van der Waals surface area (Å²) in [7, 11) is 0. The second kappa shape index (κ2) is 3.76. The van der Waals surface area contributed by atoms with E-state index < -0.39 is 5.97 Å². The van der Waals surface area contributed by atoms with Gasteiger partial charge in [0.15, 0.2) is 0 Å². The first-order valence-corrected chi connectivity index (χ1v) is 4.92. The van der Waals surface area contributed by atoms with E-state index in [2.05, 4.69) is 10.3 Å². The van der Waals surface area contributed by atoms with E-state index in [0.29, 0.717) is 11.9 Å². The van der Waals surface area contributed by atoms with E-state index in [-0.39, 0.29) is 11.3 Å². The minimum absolute atomic E-state index is 0.104. The van der Waals surface area contributed by atoms with Crippen molar-refractivity contribution in [3.05, 3.63) is 17.8 Å². The normalized spacial score (nSPS) is 15.7. The van der Waals surface area contributed by atoms with Gasteiger partial charge in [0.05, 0.1) is 17.4 Å². The van der Waals surface area contributed by atoms with Crippen LogP contribution in [0.5, 0.6) is 0 Å². The van der Waals surface area contributed by atoms with Crippen molar-refractivity contribution >= 4 is 17.5 Å². The highest BCUT2D eigenvalue weighted by Gasteiger charge is 2.18. The van der Waals surface area contributed by atoms with Gasteiger partial charge in [-0.3, -0.25) is 0 Å². The van der Waals surface area contributed by atoms with Crippen molar-refractivity contribution in [3.8, 4) is 0 Å². The Balaban J connectivity index is 2.17. The lowest BCUT2D eigenvalue weighted by molar-refractivity contribution is 0.0698. The molecule has 0 spiro atoms. The number of nitrogens with one attached hydrogen (secondary N) is 1. The Labute approximate surface area is 87.3 Å². The fourth-order valence-corrected chi connectivity index (χ4v) is 1.49. The lowest BCUT2D eigenvalue weighted by Crippen LogP contribution is -2.27. The Morgan fingerprint density at radius 1 is 1.60 bits per heavy atom. The van der Waals surface area contributed by atoms with Gasteiger partial charge in [-0.2, -0.15) is 0 Å². The van der Waals surface area contributed by atoms with Crippen LogP contribution in [0.1, 0.15) is 29.6 Å². The largest absolute Gasteiger partial charge is 0.478 e. The van der Waals surface area contributed by atoms with Gasteiger partial charge in [-0.1, -0.05) is 0 Å². The van der Waals surface area contributed by atoms with E-state index in [1.165, 1.54) is 18.7 Å². The van der Waals surface area contributed by atoms with E-state index in [0.717, 1.165) is 12.8 Å². The molecular formula is C10H13N3O2. The Hall–Kier alpha value is -1.78. The van der Waals surface area contributed by atoms with Crippen molar-refractivity contribution in [1.29, 1.82) is 0 Å². The number of carboxylic acids is 1. The van der Waals surface area contributed by atoms with E-state index in [9.17, 15) is 4.79 Å². The molecule has 15 heavy (non-hydrogen) atoms. The van der Waals surface area contributed by atoms with Gasteiger partial charge in [-0.15, -0.1) is 0 Å². The van der Waals surface area contributed by atoms with Crippen LogP contribution < -0.4 is 11.1 Å². The molecule has 0 radical (unpaired) electrons. The lowest BCUT2D eigenvalue weighted by Gasteiger charge is -2.27. The minimum atomic E-state index is -1.02. The van der Waals surface area contributed by atoms with Gasteiger partial charge in [0.25, 0.3) is 0 Å². The molecule has 0 unspecified atom stereocenters. The Kier molecular flexibility index (Phi) is 2.45. The number of pyridine rings is 1. The topological polar surface area (TPSA) is 88.2 Å². The summed E-state index contributed by atoms with van der Waals surface area (Å²) in [6.07, 6.45) is 4.84. The third-order valence-corrected chi connectivity index (χ3v) is 2.62. The number of anilines is 2. The van der Waals surface area contributed by atoms with Gasteiger partial charge in [-0.05, 0) is 25.3 Å². The average molecular weight is 207 g/mol. The standard InChI is InChI=1S/C10H13N3O2/c11-8-5-12-9(4-7(8)10(14)15)13-6-2-1-3-6/h4-6H,1-3,11H2,(H,12,13)(H,14,15). The zero-order chi connectivity index (χ0) is 10.8. The summed E-state index contributed by atoms with van der Waals surface area (Å²) < 4.78 is 0. The Morgan fingerprint density at radius 2 is 2.33 bits per heavy atom. The monoisotopic (exact) mass is 207 g/mol. The number of nitrogen functional groups attached to an aromatic ring is 1. The van der Waals surface area contributed by atoms with Crippen molar-refractivity contribution in [3.63, 3.8) is 0 Å². The van der Waals surface area contributed by atoms with Crippen LogP contribution in [0, 0.1) is 0 Å². The summed E-state index contributed by atoms with van der Waals surface area (Å²) in [5, 5.41) is 12.0. The molecule has 0 saturated heterocycles. The summed E-state index contributed by atoms with van der Waals surface area (Å²) in [4.78, 5) is 14.9. The molecule has 5 nitrogen and oxygen atoms in total.